The minimum absolute atomic E-state index is 0.0274. The van der Waals surface area contributed by atoms with Crippen LogP contribution in [0.3, 0.4) is 0 Å². The fraction of sp³-hybridized carbons (Fsp3) is 0.278. The molecule has 0 saturated carbocycles. The first-order chi connectivity index (χ1) is 11.7. The van der Waals surface area contributed by atoms with Crippen LogP contribution in [0.15, 0.2) is 42.6 Å². The molecule has 1 aromatic carbocycles. The second-order valence-electron chi connectivity index (χ2n) is 5.69. The molecule has 0 radical (unpaired) electrons. The van der Waals surface area contributed by atoms with Gasteiger partial charge in [-0.25, -0.2) is 4.98 Å². The summed E-state index contributed by atoms with van der Waals surface area (Å²) >= 11 is 0. The van der Waals surface area contributed by atoms with E-state index < -0.39 is 0 Å². The summed E-state index contributed by atoms with van der Waals surface area (Å²) in [6, 6.07) is 11.2. The van der Waals surface area contributed by atoms with Gasteiger partial charge >= 0.3 is 0 Å². The van der Waals surface area contributed by atoms with Gasteiger partial charge < -0.3 is 15.4 Å². The Balaban J connectivity index is 1.58. The highest BCUT2D eigenvalue weighted by molar-refractivity contribution is 5.96. The summed E-state index contributed by atoms with van der Waals surface area (Å²) in [7, 11) is 1.50. The topological polar surface area (TPSA) is 80.3 Å². The van der Waals surface area contributed by atoms with Crippen molar-refractivity contribution >= 4 is 23.2 Å². The molecule has 1 aliphatic rings. The van der Waals surface area contributed by atoms with Gasteiger partial charge in [-0.2, -0.15) is 0 Å². The number of methoxy groups -OCH3 is 1. The van der Waals surface area contributed by atoms with Crippen LogP contribution in [-0.4, -0.2) is 23.9 Å². The number of ether oxygens (including phenoxy) is 1. The number of carbonyl (C=O) groups is 2. The Labute approximate surface area is 140 Å². The molecule has 0 spiro atoms. The number of rotatable bonds is 5. The standard InChI is InChI=1S/C18H19N3O3/c1-24-18-15(7-4-10-19-18)20-16(22)9-8-13-11-12-5-2-3-6-14(12)21-17(13)23/h2-7,10,13H,8-9,11H2,1H3,(H,20,22)(H,21,23). The molecule has 0 fully saturated rings. The molecular formula is C18H19N3O3. The van der Waals surface area contributed by atoms with Gasteiger partial charge in [-0.15, -0.1) is 0 Å². The van der Waals surface area contributed by atoms with Crippen molar-refractivity contribution in [2.24, 2.45) is 5.92 Å². The molecule has 0 bridgehead atoms. The Morgan fingerprint density at radius 1 is 1.33 bits per heavy atom. The van der Waals surface area contributed by atoms with E-state index in [2.05, 4.69) is 15.6 Å². The van der Waals surface area contributed by atoms with E-state index in [4.69, 9.17) is 4.74 Å². The summed E-state index contributed by atoms with van der Waals surface area (Å²) in [6.45, 7) is 0. The number of aromatic nitrogens is 1. The van der Waals surface area contributed by atoms with Crippen LogP contribution < -0.4 is 15.4 Å². The van der Waals surface area contributed by atoms with E-state index in [9.17, 15) is 9.59 Å². The maximum atomic E-state index is 12.2. The van der Waals surface area contributed by atoms with E-state index in [1.165, 1.54) is 7.11 Å². The molecule has 1 atom stereocenters. The Morgan fingerprint density at radius 3 is 3.00 bits per heavy atom. The van der Waals surface area contributed by atoms with Crippen molar-refractivity contribution in [1.82, 2.24) is 4.98 Å². The SMILES string of the molecule is COc1ncccc1NC(=O)CCC1Cc2ccccc2NC1=O. The molecule has 1 unspecified atom stereocenters. The van der Waals surface area contributed by atoms with Gasteiger partial charge in [0, 0.05) is 24.2 Å². The van der Waals surface area contributed by atoms with Gasteiger partial charge in [0.05, 0.1) is 7.11 Å². The summed E-state index contributed by atoms with van der Waals surface area (Å²) in [5, 5.41) is 5.68. The average Bonchev–Trinajstić information content (AvgIpc) is 2.60. The highest BCUT2D eigenvalue weighted by Gasteiger charge is 2.26. The number of hydrogen-bond donors (Lipinski definition) is 2. The van der Waals surface area contributed by atoms with Gasteiger partial charge in [0.25, 0.3) is 0 Å². The van der Waals surface area contributed by atoms with Crippen LogP contribution >= 0.6 is 0 Å². The number of nitrogens with one attached hydrogen (secondary N) is 2. The fourth-order valence-corrected chi connectivity index (χ4v) is 2.81. The van der Waals surface area contributed by atoms with Gasteiger partial charge in [0.1, 0.15) is 5.69 Å². The molecule has 2 heterocycles. The molecular weight excluding hydrogens is 306 g/mol. The monoisotopic (exact) mass is 325 g/mol. The van der Waals surface area contributed by atoms with Crippen LogP contribution in [0.2, 0.25) is 0 Å². The van der Waals surface area contributed by atoms with Crippen LogP contribution in [0.1, 0.15) is 18.4 Å². The van der Waals surface area contributed by atoms with Crippen LogP contribution in [-0.2, 0) is 16.0 Å². The summed E-state index contributed by atoms with van der Waals surface area (Å²) < 4.78 is 5.11. The number of amides is 2. The van der Waals surface area contributed by atoms with Gasteiger partial charge in [-0.05, 0) is 36.6 Å². The van der Waals surface area contributed by atoms with E-state index in [0.717, 1.165) is 11.3 Å². The lowest BCUT2D eigenvalue weighted by Crippen LogP contribution is -2.30. The average molecular weight is 325 g/mol. The van der Waals surface area contributed by atoms with Crippen LogP contribution in [0.4, 0.5) is 11.4 Å². The van der Waals surface area contributed by atoms with Gasteiger partial charge in [-0.3, -0.25) is 9.59 Å². The van der Waals surface area contributed by atoms with Crippen molar-refractivity contribution in [1.29, 1.82) is 0 Å². The Bertz CT molecular complexity index is 761. The number of hydrogen-bond acceptors (Lipinski definition) is 4. The molecule has 1 aliphatic heterocycles. The molecule has 2 N–H and O–H groups in total. The normalized spacial score (nSPS) is 16.0. The lowest BCUT2D eigenvalue weighted by Gasteiger charge is -2.24. The zero-order valence-corrected chi connectivity index (χ0v) is 13.4. The lowest BCUT2D eigenvalue weighted by molar-refractivity contribution is -0.121. The van der Waals surface area contributed by atoms with E-state index in [1.807, 2.05) is 24.3 Å². The third-order valence-electron chi connectivity index (χ3n) is 4.07. The predicted octanol–water partition coefficient (Wildman–Crippen LogP) is 2.62. The zero-order chi connectivity index (χ0) is 16.9. The molecule has 2 amide bonds. The van der Waals surface area contributed by atoms with E-state index in [-0.39, 0.29) is 24.2 Å². The number of pyridine rings is 1. The Kier molecular flexibility index (Phi) is 4.74. The summed E-state index contributed by atoms with van der Waals surface area (Å²) in [6.07, 6.45) is 3.01. The van der Waals surface area contributed by atoms with E-state index in [1.54, 1.807) is 18.3 Å². The molecule has 6 nitrogen and oxygen atoms in total. The number of nitrogens with zero attached hydrogens (tertiary/aromatic N) is 1. The zero-order valence-electron chi connectivity index (χ0n) is 13.4. The summed E-state index contributed by atoms with van der Waals surface area (Å²) in [5.41, 5.74) is 2.50. The number of para-hydroxylation sites is 1. The van der Waals surface area contributed by atoms with E-state index in [0.29, 0.717) is 24.4 Å². The van der Waals surface area contributed by atoms with Crippen molar-refractivity contribution in [2.45, 2.75) is 19.3 Å². The minimum Gasteiger partial charge on any atom is -0.480 e. The number of benzene rings is 1. The molecule has 24 heavy (non-hydrogen) atoms. The van der Waals surface area contributed by atoms with Crippen LogP contribution in [0.5, 0.6) is 5.88 Å². The minimum atomic E-state index is -0.193. The van der Waals surface area contributed by atoms with Crippen LogP contribution in [0.25, 0.3) is 0 Å². The molecule has 6 heteroatoms. The maximum absolute atomic E-state index is 12.2. The van der Waals surface area contributed by atoms with Crippen molar-refractivity contribution in [3.63, 3.8) is 0 Å². The highest BCUT2D eigenvalue weighted by Crippen LogP contribution is 2.28. The van der Waals surface area contributed by atoms with Crippen LogP contribution in [0, 0.1) is 5.92 Å². The Hall–Kier alpha value is -2.89. The second kappa shape index (κ2) is 7.12. The largest absolute Gasteiger partial charge is 0.480 e. The lowest BCUT2D eigenvalue weighted by atomic mass is 9.89. The third-order valence-corrected chi connectivity index (χ3v) is 4.07. The maximum Gasteiger partial charge on any atom is 0.237 e. The Morgan fingerprint density at radius 2 is 2.17 bits per heavy atom. The van der Waals surface area contributed by atoms with Gasteiger partial charge in [0.2, 0.25) is 17.7 Å². The van der Waals surface area contributed by atoms with Crippen molar-refractivity contribution in [2.75, 3.05) is 17.7 Å². The molecule has 1 aromatic heterocycles. The first-order valence-corrected chi connectivity index (χ1v) is 7.85. The third kappa shape index (κ3) is 3.53. The first kappa shape index (κ1) is 16.0. The molecule has 3 rings (SSSR count). The van der Waals surface area contributed by atoms with E-state index >= 15 is 0 Å². The molecule has 124 valence electrons. The number of anilines is 2. The first-order valence-electron chi connectivity index (χ1n) is 7.85. The molecule has 0 saturated heterocycles. The quantitative estimate of drug-likeness (QED) is 0.885. The summed E-state index contributed by atoms with van der Waals surface area (Å²) in [4.78, 5) is 28.3. The van der Waals surface area contributed by atoms with Gasteiger partial charge in [0.15, 0.2) is 0 Å². The molecule has 2 aromatic rings. The van der Waals surface area contributed by atoms with Crippen molar-refractivity contribution in [3.8, 4) is 5.88 Å². The summed E-state index contributed by atoms with van der Waals surface area (Å²) in [5.74, 6) is -0.00922. The highest BCUT2D eigenvalue weighted by atomic mass is 16.5. The number of carbonyl (C=O) groups excluding carboxylic acids is 2. The number of fused-ring (bicyclic) bond motifs is 1. The van der Waals surface area contributed by atoms with Crippen molar-refractivity contribution < 1.29 is 14.3 Å². The van der Waals surface area contributed by atoms with Gasteiger partial charge in [-0.1, -0.05) is 18.2 Å². The fourth-order valence-electron chi connectivity index (χ4n) is 2.81. The van der Waals surface area contributed by atoms with Crippen molar-refractivity contribution in [3.05, 3.63) is 48.2 Å². The predicted molar refractivity (Wildman–Crippen MR) is 90.9 cm³/mol. The molecule has 0 aliphatic carbocycles. The second-order valence-corrected chi connectivity index (χ2v) is 5.69. The smallest absolute Gasteiger partial charge is 0.237 e.